The highest BCUT2D eigenvalue weighted by atomic mass is 16.5. The van der Waals surface area contributed by atoms with Crippen molar-refractivity contribution in [3.05, 3.63) is 41.6 Å². The summed E-state index contributed by atoms with van der Waals surface area (Å²) < 4.78 is 11.5. The molecule has 0 bridgehead atoms. The number of benzene rings is 1. The van der Waals surface area contributed by atoms with Gasteiger partial charge in [-0.3, -0.25) is 4.90 Å². The maximum absolute atomic E-state index is 5.89. The van der Waals surface area contributed by atoms with Crippen LogP contribution < -0.4 is 4.74 Å². The minimum Gasteiger partial charge on any atom is -0.492 e. The molecule has 0 saturated carbocycles. The van der Waals surface area contributed by atoms with Crippen molar-refractivity contribution in [2.45, 2.75) is 45.6 Å². The van der Waals surface area contributed by atoms with Gasteiger partial charge in [-0.05, 0) is 50.9 Å². The normalized spacial score (nSPS) is 22.2. The summed E-state index contributed by atoms with van der Waals surface area (Å²) in [5, 5.41) is 8.19. The fourth-order valence-corrected chi connectivity index (χ4v) is 3.31. The van der Waals surface area contributed by atoms with Crippen molar-refractivity contribution in [2.75, 3.05) is 19.7 Å². The van der Waals surface area contributed by atoms with Crippen LogP contribution in [0.4, 0.5) is 0 Å². The van der Waals surface area contributed by atoms with Crippen LogP contribution in [0.15, 0.2) is 28.7 Å². The Balaban J connectivity index is 1.55. The number of hydrogen-bond acceptors (Lipinski definition) is 5. The van der Waals surface area contributed by atoms with Gasteiger partial charge in [0.25, 0.3) is 0 Å². The quantitative estimate of drug-likeness (QED) is 0.847. The van der Waals surface area contributed by atoms with Gasteiger partial charge in [0.15, 0.2) is 0 Å². The van der Waals surface area contributed by atoms with Crippen LogP contribution >= 0.6 is 0 Å². The molecular formula is C18H25N3O2. The Bertz CT molecular complexity index is 641. The standard InChI is InChI=1S/C18H25N3O2/c1-13-6-4-7-16(12-13)22-11-10-21-9-5-8-17(14(21)2)18-20-19-15(3)23-18/h4,6-7,12,14,17H,5,8-11H2,1-3H3/t14-,17-/m0/s1. The topological polar surface area (TPSA) is 51.4 Å². The number of aromatic nitrogens is 2. The molecule has 23 heavy (non-hydrogen) atoms. The van der Waals surface area contributed by atoms with Gasteiger partial charge in [0.1, 0.15) is 12.4 Å². The highest BCUT2D eigenvalue weighted by Gasteiger charge is 2.32. The van der Waals surface area contributed by atoms with Crippen LogP contribution in [-0.2, 0) is 0 Å². The Labute approximate surface area is 137 Å². The summed E-state index contributed by atoms with van der Waals surface area (Å²) >= 11 is 0. The molecule has 1 fully saturated rings. The van der Waals surface area contributed by atoms with Gasteiger partial charge in [0, 0.05) is 19.5 Å². The summed E-state index contributed by atoms with van der Waals surface area (Å²) in [4.78, 5) is 2.46. The third-order valence-corrected chi connectivity index (χ3v) is 4.61. The average Bonchev–Trinajstić information content (AvgIpc) is 2.95. The van der Waals surface area contributed by atoms with E-state index in [0.29, 0.717) is 24.5 Å². The van der Waals surface area contributed by atoms with Gasteiger partial charge >= 0.3 is 0 Å². The zero-order chi connectivity index (χ0) is 16.2. The fourth-order valence-electron chi connectivity index (χ4n) is 3.31. The first-order valence-electron chi connectivity index (χ1n) is 8.37. The first-order valence-corrected chi connectivity index (χ1v) is 8.37. The van der Waals surface area contributed by atoms with Crippen molar-refractivity contribution >= 4 is 0 Å². The third kappa shape index (κ3) is 3.91. The minimum atomic E-state index is 0.323. The summed E-state index contributed by atoms with van der Waals surface area (Å²) in [6.07, 6.45) is 2.26. The lowest BCUT2D eigenvalue weighted by molar-refractivity contribution is 0.106. The number of piperidine rings is 1. The van der Waals surface area contributed by atoms with Gasteiger partial charge in [0.05, 0.1) is 5.92 Å². The molecule has 1 aliphatic heterocycles. The Hall–Kier alpha value is -1.88. The average molecular weight is 315 g/mol. The van der Waals surface area contributed by atoms with Crippen molar-refractivity contribution in [3.63, 3.8) is 0 Å². The van der Waals surface area contributed by atoms with Gasteiger partial charge in [-0.2, -0.15) is 0 Å². The van der Waals surface area contributed by atoms with Gasteiger partial charge in [0.2, 0.25) is 11.8 Å². The highest BCUT2D eigenvalue weighted by molar-refractivity contribution is 5.27. The summed E-state index contributed by atoms with van der Waals surface area (Å²) in [5.74, 6) is 2.69. The van der Waals surface area contributed by atoms with Crippen molar-refractivity contribution in [3.8, 4) is 5.75 Å². The molecule has 1 aromatic carbocycles. The van der Waals surface area contributed by atoms with Gasteiger partial charge in [-0.25, -0.2) is 0 Å². The van der Waals surface area contributed by atoms with E-state index in [4.69, 9.17) is 9.15 Å². The Morgan fingerprint density at radius 1 is 1.30 bits per heavy atom. The number of aryl methyl sites for hydroxylation is 2. The highest BCUT2D eigenvalue weighted by Crippen LogP contribution is 2.31. The van der Waals surface area contributed by atoms with Crippen LogP contribution in [0.5, 0.6) is 5.75 Å². The van der Waals surface area contributed by atoms with Gasteiger partial charge in [-0.15, -0.1) is 10.2 Å². The lowest BCUT2D eigenvalue weighted by Gasteiger charge is -2.37. The van der Waals surface area contributed by atoms with Crippen molar-refractivity contribution in [2.24, 2.45) is 0 Å². The molecule has 0 unspecified atom stereocenters. The first kappa shape index (κ1) is 16.0. The van der Waals surface area contributed by atoms with Crippen molar-refractivity contribution in [1.29, 1.82) is 0 Å². The van der Waals surface area contributed by atoms with Crippen LogP contribution in [0, 0.1) is 13.8 Å². The molecule has 0 N–H and O–H groups in total. The van der Waals surface area contributed by atoms with Crippen LogP contribution in [0.2, 0.25) is 0 Å². The molecule has 1 aromatic heterocycles. The zero-order valence-electron chi connectivity index (χ0n) is 14.2. The molecule has 5 heteroatoms. The Morgan fingerprint density at radius 3 is 2.91 bits per heavy atom. The Morgan fingerprint density at radius 2 is 2.17 bits per heavy atom. The molecular weight excluding hydrogens is 290 g/mol. The van der Waals surface area contributed by atoms with Crippen molar-refractivity contribution in [1.82, 2.24) is 15.1 Å². The van der Waals surface area contributed by atoms with E-state index in [2.05, 4.69) is 41.1 Å². The van der Waals surface area contributed by atoms with E-state index in [1.165, 1.54) is 5.56 Å². The molecule has 5 nitrogen and oxygen atoms in total. The molecule has 2 atom stereocenters. The maximum atomic E-state index is 5.89. The second-order valence-electron chi connectivity index (χ2n) is 6.35. The molecule has 0 amide bonds. The van der Waals surface area contributed by atoms with E-state index >= 15 is 0 Å². The number of likely N-dealkylation sites (tertiary alicyclic amines) is 1. The summed E-state index contributed by atoms with van der Waals surface area (Å²) in [6.45, 7) is 8.88. The summed E-state index contributed by atoms with van der Waals surface area (Å²) in [5.41, 5.74) is 1.22. The van der Waals surface area contributed by atoms with E-state index in [0.717, 1.165) is 37.6 Å². The summed E-state index contributed by atoms with van der Waals surface area (Å²) in [6, 6.07) is 8.59. The second-order valence-corrected chi connectivity index (χ2v) is 6.35. The molecule has 1 saturated heterocycles. The number of hydrogen-bond donors (Lipinski definition) is 0. The third-order valence-electron chi connectivity index (χ3n) is 4.61. The maximum Gasteiger partial charge on any atom is 0.221 e. The molecule has 2 aromatic rings. The van der Waals surface area contributed by atoms with Crippen molar-refractivity contribution < 1.29 is 9.15 Å². The number of ether oxygens (including phenoxy) is 1. The van der Waals surface area contributed by atoms with E-state index < -0.39 is 0 Å². The van der Waals surface area contributed by atoms with Crippen LogP contribution in [0.3, 0.4) is 0 Å². The monoisotopic (exact) mass is 315 g/mol. The molecule has 0 radical (unpaired) electrons. The number of rotatable bonds is 5. The SMILES string of the molecule is Cc1cccc(OCCN2CCC[C@H](c3nnc(C)o3)[C@@H]2C)c1. The predicted octanol–water partition coefficient (Wildman–Crippen LogP) is 3.33. The van der Waals surface area contributed by atoms with Crippen LogP contribution in [-0.4, -0.2) is 40.8 Å². The molecule has 0 aliphatic carbocycles. The molecule has 124 valence electrons. The van der Waals surface area contributed by atoms with Crippen LogP contribution in [0.1, 0.15) is 43.0 Å². The lowest BCUT2D eigenvalue weighted by Crippen LogP contribution is -2.44. The van der Waals surface area contributed by atoms with E-state index in [1.807, 2.05) is 19.1 Å². The summed E-state index contributed by atoms with van der Waals surface area (Å²) in [7, 11) is 0. The second kappa shape index (κ2) is 7.13. The molecule has 2 heterocycles. The van der Waals surface area contributed by atoms with Gasteiger partial charge < -0.3 is 9.15 Å². The predicted molar refractivity (Wildman–Crippen MR) is 88.7 cm³/mol. The Kier molecular flexibility index (Phi) is 4.96. The molecule has 3 rings (SSSR count). The molecule has 1 aliphatic rings. The number of nitrogens with zero attached hydrogens (tertiary/aromatic N) is 3. The van der Waals surface area contributed by atoms with E-state index in [9.17, 15) is 0 Å². The zero-order valence-corrected chi connectivity index (χ0v) is 14.2. The van der Waals surface area contributed by atoms with Crippen LogP contribution in [0.25, 0.3) is 0 Å². The molecule has 0 spiro atoms. The largest absolute Gasteiger partial charge is 0.492 e. The van der Waals surface area contributed by atoms with E-state index in [1.54, 1.807) is 0 Å². The lowest BCUT2D eigenvalue weighted by atomic mass is 9.90. The smallest absolute Gasteiger partial charge is 0.221 e. The van der Waals surface area contributed by atoms with E-state index in [-0.39, 0.29) is 0 Å². The van der Waals surface area contributed by atoms with Gasteiger partial charge in [-0.1, -0.05) is 12.1 Å². The first-order chi connectivity index (χ1) is 11.1. The minimum absolute atomic E-state index is 0.323. The fraction of sp³-hybridized carbons (Fsp3) is 0.556.